The first-order chi connectivity index (χ1) is 8.66. The number of hydrogen-bond donors (Lipinski definition) is 1. The van der Waals surface area contributed by atoms with Crippen molar-refractivity contribution in [2.45, 2.75) is 26.8 Å². The van der Waals surface area contributed by atoms with Crippen LogP contribution in [0.1, 0.15) is 17.8 Å². The molecule has 0 saturated carbocycles. The molecule has 0 aliphatic heterocycles. The zero-order chi connectivity index (χ0) is 13.0. The quantitative estimate of drug-likeness (QED) is 0.844. The van der Waals surface area contributed by atoms with Crippen LogP contribution in [0.5, 0.6) is 0 Å². The summed E-state index contributed by atoms with van der Waals surface area (Å²) in [4.78, 5) is 8.07. The molecule has 1 N–H and O–H groups in total. The fourth-order valence-electron chi connectivity index (χ4n) is 1.78. The number of rotatable bonds is 5. The van der Waals surface area contributed by atoms with E-state index in [9.17, 15) is 0 Å². The van der Waals surface area contributed by atoms with Crippen molar-refractivity contribution in [3.05, 3.63) is 35.0 Å². The molecule has 0 fully saturated rings. The zero-order valence-electron chi connectivity index (χ0n) is 10.5. The highest BCUT2D eigenvalue weighted by molar-refractivity contribution is 6.31. The van der Waals surface area contributed by atoms with E-state index in [2.05, 4.69) is 33.4 Å². The van der Waals surface area contributed by atoms with E-state index in [4.69, 9.17) is 11.6 Å². The Labute approximate surface area is 111 Å². The van der Waals surface area contributed by atoms with E-state index >= 15 is 0 Å². The second-order valence-corrected chi connectivity index (χ2v) is 4.48. The van der Waals surface area contributed by atoms with Crippen molar-refractivity contribution < 1.29 is 0 Å². The lowest BCUT2D eigenvalue weighted by Gasteiger charge is -2.07. The molecule has 0 amide bonds. The van der Waals surface area contributed by atoms with Gasteiger partial charge in [0, 0.05) is 31.2 Å². The molecule has 0 radical (unpaired) electrons. The van der Waals surface area contributed by atoms with Crippen molar-refractivity contribution in [3.8, 4) is 0 Å². The molecule has 2 rings (SSSR count). The van der Waals surface area contributed by atoms with E-state index in [1.807, 2.05) is 11.6 Å². The average Bonchev–Trinajstić information content (AvgIpc) is 2.65. The van der Waals surface area contributed by atoms with Gasteiger partial charge in [0.15, 0.2) is 11.0 Å². The highest BCUT2D eigenvalue weighted by atomic mass is 35.5. The highest BCUT2D eigenvalue weighted by Gasteiger charge is 2.02. The Bertz CT molecular complexity index is 523. The summed E-state index contributed by atoms with van der Waals surface area (Å²) in [6.45, 7) is 5.73. The molecule has 6 heteroatoms. The third kappa shape index (κ3) is 3.20. The second-order valence-electron chi connectivity index (χ2n) is 4.13. The van der Waals surface area contributed by atoms with Crippen LogP contribution >= 0.6 is 11.6 Å². The van der Waals surface area contributed by atoms with Crippen LogP contribution in [0, 0.1) is 13.8 Å². The first kappa shape index (κ1) is 12.8. The molecule has 5 nitrogen and oxygen atoms in total. The van der Waals surface area contributed by atoms with Gasteiger partial charge < -0.3 is 5.32 Å². The molecule has 0 aliphatic rings. The summed E-state index contributed by atoms with van der Waals surface area (Å²) < 4.78 is 2.01. The van der Waals surface area contributed by atoms with Gasteiger partial charge in [0.1, 0.15) is 0 Å². The van der Waals surface area contributed by atoms with Crippen LogP contribution in [-0.2, 0) is 6.54 Å². The van der Waals surface area contributed by atoms with Crippen LogP contribution in [0.2, 0.25) is 5.15 Å². The normalized spacial score (nSPS) is 10.6. The Morgan fingerprint density at radius 3 is 2.72 bits per heavy atom. The van der Waals surface area contributed by atoms with E-state index in [0.29, 0.717) is 11.0 Å². The number of halogens is 1. The minimum atomic E-state index is 0.406. The maximum atomic E-state index is 5.90. The predicted molar refractivity (Wildman–Crippen MR) is 71.8 cm³/mol. The standard InChI is InChI=1S/C12H16ClN5/c1-9-8-10(2)18(17-9)7-3-4-15-12-11(13)14-5-6-16-12/h5-6,8H,3-4,7H2,1-2H3,(H,15,16). The molecule has 96 valence electrons. The minimum absolute atomic E-state index is 0.406. The summed E-state index contributed by atoms with van der Waals surface area (Å²) in [5.74, 6) is 0.632. The first-order valence-corrected chi connectivity index (χ1v) is 6.26. The van der Waals surface area contributed by atoms with Gasteiger partial charge in [0.05, 0.1) is 5.69 Å². The Morgan fingerprint density at radius 1 is 1.28 bits per heavy atom. The lowest BCUT2D eigenvalue weighted by atomic mass is 10.4. The van der Waals surface area contributed by atoms with E-state index < -0.39 is 0 Å². The van der Waals surface area contributed by atoms with Gasteiger partial charge in [-0.25, -0.2) is 9.97 Å². The molecule has 0 aromatic carbocycles. The number of aryl methyl sites for hydroxylation is 3. The van der Waals surface area contributed by atoms with Crippen LogP contribution in [-0.4, -0.2) is 26.3 Å². The second kappa shape index (κ2) is 5.82. The fourth-order valence-corrected chi connectivity index (χ4v) is 1.95. The smallest absolute Gasteiger partial charge is 0.171 e. The molecule has 0 bridgehead atoms. The van der Waals surface area contributed by atoms with E-state index in [1.54, 1.807) is 12.4 Å². The number of nitrogens with zero attached hydrogens (tertiary/aromatic N) is 4. The van der Waals surface area contributed by atoms with Crippen molar-refractivity contribution in [1.29, 1.82) is 0 Å². The molecule has 0 atom stereocenters. The Hall–Kier alpha value is -1.62. The van der Waals surface area contributed by atoms with E-state index in [1.165, 1.54) is 5.69 Å². The largest absolute Gasteiger partial charge is 0.367 e. The molecule has 2 aromatic rings. The summed E-state index contributed by atoms with van der Waals surface area (Å²) in [7, 11) is 0. The molecule has 2 aromatic heterocycles. The SMILES string of the molecule is Cc1cc(C)n(CCCNc2nccnc2Cl)n1. The third-order valence-electron chi connectivity index (χ3n) is 2.60. The average molecular weight is 266 g/mol. The number of anilines is 1. The summed E-state index contributed by atoms with van der Waals surface area (Å²) in [6, 6.07) is 2.08. The van der Waals surface area contributed by atoms with Gasteiger partial charge in [-0.1, -0.05) is 11.6 Å². The monoisotopic (exact) mass is 265 g/mol. The van der Waals surface area contributed by atoms with Crippen LogP contribution in [0.15, 0.2) is 18.5 Å². The molecular formula is C12H16ClN5. The molecule has 0 saturated heterocycles. The first-order valence-electron chi connectivity index (χ1n) is 5.88. The van der Waals surface area contributed by atoms with Gasteiger partial charge in [-0.05, 0) is 26.3 Å². The van der Waals surface area contributed by atoms with Crippen molar-refractivity contribution in [3.63, 3.8) is 0 Å². The van der Waals surface area contributed by atoms with Crippen LogP contribution in [0.3, 0.4) is 0 Å². The van der Waals surface area contributed by atoms with E-state index in [-0.39, 0.29) is 0 Å². The van der Waals surface area contributed by atoms with Crippen molar-refractivity contribution in [1.82, 2.24) is 19.7 Å². The molecule has 2 heterocycles. The lowest BCUT2D eigenvalue weighted by Crippen LogP contribution is -2.10. The molecule has 0 spiro atoms. The maximum Gasteiger partial charge on any atom is 0.171 e. The summed E-state index contributed by atoms with van der Waals surface area (Å²) >= 11 is 5.90. The number of hydrogen-bond acceptors (Lipinski definition) is 4. The van der Waals surface area contributed by atoms with Gasteiger partial charge in [-0.2, -0.15) is 5.10 Å². The van der Waals surface area contributed by atoms with Crippen LogP contribution in [0.25, 0.3) is 0 Å². The van der Waals surface area contributed by atoms with Gasteiger partial charge in [0.25, 0.3) is 0 Å². The van der Waals surface area contributed by atoms with Crippen LogP contribution < -0.4 is 5.32 Å². The zero-order valence-corrected chi connectivity index (χ0v) is 11.3. The number of nitrogens with one attached hydrogen (secondary N) is 1. The Morgan fingerprint density at radius 2 is 2.06 bits per heavy atom. The fraction of sp³-hybridized carbons (Fsp3) is 0.417. The van der Waals surface area contributed by atoms with Gasteiger partial charge in [-0.15, -0.1) is 0 Å². The lowest BCUT2D eigenvalue weighted by molar-refractivity contribution is 0.573. The summed E-state index contributed by atoms with van der Waals surface area (Å²) in [5.41, 5.74) is 2.24. The summed E-state index contributed by atoms with van der Waals surface area (Å²) in [6.07, 6.45) is 4.15. The molecule has 18 heavy (non-hydrogen) atoms. The van der Waals surface area contributed by atoms with Gasteiger partial charge in [-0.3, -0.25) is 4.68 Å². The van der Waals surface area contributed by atoms with E-state index in [0.717, 1.165) is 25.2 Å². The molecule has 0 unspecified atom stereocenters. The van der Waals surface area contributed by atoms with Crippen molar-refractivity contribution in [2.75, 3.05) is 11.9 Å². The maximum absolute atomic E-state index is 5.90. The molecule has 0 aliphatic carbocycles. The minimum Gasteiger partial charge on any atom is -0.367 e. The Balaban J connectivity index is 1.80. The Kier molecular flexibility index (Phi) is 4.15. The number of aromatic nitrogens is 4. The van der Waals surface area contributed by atoms with Crippen molar-refractivity contribution >= 4 is 17.4 Å². The van der Waals surface area contributed by atoms with Gasteiger partial charge in [0.2, 0.25) is 0 Å². The van der Waals surface area contributed by atoms with Gasteiger partial charge >= 0.3 is 0 Å². The van der Waals surface area contributed by atoms with Crippen molar-refractivity contribution in [2.24, 2.45) is 0 Å². The third-order valence-corrected chi connectivity index (χ3v) is 2.87. The predicted octanol–water partition coefficient (Wildman–Crippen LogP) is 2.45. The summed E-state index contributed by atoms with van der Waals surface area (Å²) in [5, 5.41) is 7.98. The highest BCUT2D eigenvalue weighted by Crippen LogP contribution is 2.13. The molecular weight excluding hydrogens is 250 g/mol. The van der Waals surface area contributed by atoms with Crippen LogP contribution in [0.4, 0.5) is 5.82 Å². The topological polar surface area (TPSA) is 55.6 Å².